The first-order valence-electron chi connectivity index (χ1n) is 5.75. The predicted octanol–water partition coefficient (Wildman–Crippen LogP) is 2.78. The molecule has 0 aliphatic heterocycles. The zero-order valence-corrected chi connectivity index (χ0v) is 11.5. The molecule has 0 atom stereocenters. The van der Waals surface area contributed by atoms with Gasteiger partial charge in [-0.2, -0.15) is 0 Å². The van der Waals surface area contributed by atoms with E-state index in [9.17, 15) is 9.59 Å². The van der Waals surface area contributed by atoms with Gasteiger partial charge in [0.2, 0.25) is 11.8 Å². The molecule has 98 valence electrons. The summed E-state index contributed by atoms with van der Waals surface area (Å²) in [7, 11) is 0. The van der Waals surface area contributed by atoms with Crippen LogP contribution in [0.15, 0.2) is 29.6 Å². The van der Waals surface area contributed by atoms with E-state index in [1.54, 1.807) is 12.1 Å². The predicted molar refractivity (Wildman–Crippen MR) is 77.3 cm³/mol. The van der Waals surface area contributed by atoms with Crippen molar-refractivity contribution >= 4 is 28.2 Å². The molecule has 0 fully saturated rings. The first-order valence-corrected chi connectivity index (χ1v) is 6.63. The third-order valence-electron chi connectivity index (χ3n) is 2.73. The molecule has 4 nitrogen and oxygen atoms in total. The molecule has 1 aromatic carbocycles. The molecule has 2 aromatic rings. The van der Waals surface area contributed by atoms with Crippen LogP contribution in [-0.2, 0) is 4.79 Å². The number of anilines is 1. The minimum absolute atomic E-state index is 0.139. The maximum absolute atomic E-state index is 11.5. The lowest BCUT2D eigenvalue weighted by Gasteiger charge is -2.09. The van der Waals surface area contributed by atoms with Gasteiger partial charge in [-0.25, -0.2) is 0 Å². The molecule has 0 saturated carbocycles. The van der Waals surface area contributed by atoms with E-state index in [1.165, 1.54) is 18.3 Å². The van der Waals surface area contributed by atoms with Gasteiger partial charge in [-0.15, -0.1) is 11.3 Å². The second-order valence-electron chi connectivity index (χ2n) is 4.21. The highest BCUT2D eigenvalue weighted by Gasteiger charge is 2.17. The van der Waals surface area contributed by atoms with E-state index in [-0.39, 0.29) is 5.91 Å². The summed E-state index contributed by atoms with van der Waals surface area (Å²) >= 11 is 1.44. The van der Waals surface area contributed by atoms with E-state index in [0.29, 0.717) is 5.56 Å². The smallest absolute Gasteiger partial charge is 0.249 e. The molecule has 0 spiro atoms. The summed E-state index contributed by atoms with van der Waals surface area (Å²) in [5.74, 6) is -0.616. The zero-order valence-electron chi connectivity index (χ0n) is 10.7. The number of hydrogen-bond acceptors (Lipinski definition) is 3. The van der Waals surface area contributed by atoms with Crippen molar-refractivity contribution in [3.8, 4) is 11.1 Å². The lowest BCUT2D eigenvalue weighted by atomic mass is 9.98. The number of hydrogen-bond donors (Lipinski definition) is 2. The molecule has 3 N–H and O–H groups in total. The van der Waals surface area contributed by atoms with E-state index >= 15 is 0 Å². The van der Waals surface area contributed by atoms with Crippen LogP contribution in [0.1, 0.15) is 22.8 Å². The van der Waals surface area contributed by atoms with Gasteiger partial charge in [0.25, 0.3) is 0 Å². The summed E-state index contributed by atoms with van der Waals surface area (Å²) in [5.41, 5.74) is 8.46. The Morgan fingerprint density at radius 1 is 1.26 bits per heavy atom. The first-order chi connectivity index (χ1) is 9.00. The Morgan fingerprint density at radius 3 is 2.58 bits per heavy atom. The molecule has 0 saturated heterocycles. The van der Waals surface area contributed by atoms with Gasteiger partial charge in [-0.1, -0.05) is 18.2 Å². The molecule has 19 heavy (non-hydrogen) atoms. The summed E-state index contributed by atoms with van der Waals surface area (Å²) in [4.78, 5) is 22.7. The van der Waals surface area contributed by atoms with Crippen molar-refractivity contribution in [1.82, 2.24) is 0 Å². The van der Waals surface area contributed by atoms with Crippen LogP contribution >= 0.6 is 11.3 Å². The Kier molecular flexibility index (Phi) is 3.66. The second-order valence-corrected chi connectivity index (χ2v) is 5.09. The fourth-order valence-electron chi connectivity index (χ4n) is 1.95. The molecular formula is C14H14N2O2S. The van der Waals surface area contributed by atoms with Gasteiger partial charge >= 0.3 is 0 Å². The van der Waals surface area contributed by atoms with E-state index < -0.39 is 5.91 Å². The van der Waals surface area contributed by atoms with Crippen molar-refractivity contribution in [3.05, 3.63) is 40.8 Å². The molecule has 2 rings (SSSR count). The Labute approximate surface area is 115 Å². The normalized spacial score (nSPS) is 10.2. The molecule has 0 aliphatic carbocycles. The third kappa shape index (κ3) is 2.66. The van der Waals surface area contributed by atoms with Crippen molar-refractivity contribution in [2.24, 2.45) is 5.73 Å². The lowest BCUT2D eigenvalue weighted by molar-refractivity contribution is -0.114. The lowest BCUT2D eigenvalue weighted by Crippen LogP contribution is -2.13. The number of nitrogens with two attached hydrogens (primary N) is 1. The number of nitrogens with one attached hydrogen (secondary N) is 1. The first kappa shape index (κ1) is 13.3. The summed E-state index contributed by atoms with van der Waals surface area (Å²) < 4.78 is 0. The number of carbonyl (C=O) groups excluding carboxylic acids is 2. The number of benzene rings is 1. The maximum Gasteiger partial charge on any atom is 0.249 e. The van der Waals surface area contributed by atoms with Gasteiger partial charge in [-0.3, -0.25) is 9.59 Å². The summed E-state index contributed by atoms with van der Waals surface area (Å²) in [6.07, 6.45) is 0. The van der Waals surface area contributed by atoms with Gasteiger partial charge in [0.15, 0.2) is 0 Å². The molecular weight excluding hydrogens is 260 g/mol. The van der Waals surface area contributed by atoms with Crippen molar-refractivity contribution < 1.29 is 9.59 Å². The Bertz CT molecular complexity index is 647. The topological polar surface area (TPSA) is 72.2 Å². The van der Waals surface area contributed by atoms with Crippen molar-refractivity contribution in [3.63, 3.8) is 0 Å². The molecule has 0 unspecified atom stereocenters. The highest BCUT2D eigenvalue weighted by Crippen LogP contribution is 2.38. The van der Waals surface area contributed by atoms with Crippen LogP contribution in [0.5, 0.6) is 0 Å². The van der Waals surface area contributed by atoms with Crippen LogP contribution in [0, 0.1) is 6.92 Å². The monoisotopic (exact) mass is 274 g/mol. The average Bonchev–Trinajstić information content (AvgIpc) is 2.69. The van der Waals surface area contributed by atoms with Crippen LogP contribution in [0.25, 0.3) is 11.1 Å². The second kappa shape index (κ2) is 5.24. The summed E-state index contributed by atoms with van der Waals surface area (Å²) in [6, 6.07) is 7.13. The van der Waals surface area contributed by atoms with Crippen molar-refractivity contribution in [2.75, 3.05) is 5.32 Å². The quantitative estimate of drug-likeness (QED) is 0.903. The third-order valence-corrected chi connectivity index (χ3v) is 3.74. The standard InChI is InChI=1S/C14H14N2O2S/c1-8-7-19-14(16-9(2)17)12(8)10-5-3-4-6-11(10)13(15)18/h3-7H,1-2H3,(H2,15,18)(H,16,17). The van der Waals surface area contributed by atoms with Gasteiger partial charge in [0.05, 0.1) is 0 Å². The van der Waals surface area contributed by atoms with Gasteiger partial charge in [-0.05, 0) is 29.5 Å². The molecule has 1 aromatic heterocycles. The van der Waals surface area contributed by atoms with Gasteiger partial charge in [0, 0.05) is 18.1 Å². The molecule has 0 aliphatic rings. The highest BCUT2D eigenvalue weighted by atomic mass is 32.1. The zero-order chi connectivity index (χ0) is 14.0. The molecule has 2 amide bonds. The molecule has 1 heterocycles. The number of carbonyl (C=O) groups is 2. The van der Waals surface area contributed by atoms with Crippen LogP contribution in [0.3, 0.4) is 0 Å². The number of rotatable bonds is 3. The van der Waals surface area contributed by atoms with Crippen molar-refractivity contribution in [1.29, 1.82) is 0 Å². The minimum Gasteiger partial charge on any atom is -0.366 e. The Morgan fingerprint density at radius 2 is 1.95 bits per heavy atom. The van der Waals surface area contributed by atoms with Crippen LogP contribution in [0.2, 0.25) is 0 Å². The number of primary amides is 1. The van der Waals surface area contributed by atoms with E-state index in [2.05, 4.69) is 5.32 Å². The van der Waals surface area contributed by atoms with Gasteiger partial charge in [0.1, 0.15) is 5.00 Å². The van der Waals surface area contributed by atoms with Crippen LogP contribution in [-0.4, -0.2) is 11.8 Å². The SMILES string of the molecule is CC(=O)Nc1scc(C)c1-c1ccccc1C(N)=O. The van der Waals surface area contributed by atoms with Crippen LogP contribution < -0.4 is 11.1 Å². The van der Waals surface area contributed by atoms with Crippen molar-refractivity contribution in [2.45, 2.75) is 13.8 Å². The number of aryl methyl sites for hydroxylation is 1. The molecule has 0 radical (unpaired) electrons. The molecule has 0 bridgehead atoms. The number of amides is 2. The molecule has 5 heteroatoms. The van der Waals surface area contributed by atoms with E-state index in [0.717, 1.165) is 21.7 Å². The summed E-state index contributed by atoms with van der Waals surface area (Å²) in [5, 5.41) is 5.46. The van der Waals surface area contributed by atoms with E-state index in [1.807, 2.05) is 24.4 Å². The number of thiophene rings is 1. The van der Waals surface area contributed by atoms with E-state index in [4.69, 9.17) is 5.73 Å². The Balaban J connectivity index is 2.62. The Hall–Kier alpha value is -2.14. The van der Waals surface area contributed by atoms with Crippen LogP contribution in [0.4, 0.5) is 5.00 Å². The fraction of sp³-hybridized carbons (Fsp3) is 0.143. The highest BCUT2D eigenvalue weighted by molar-refractivity contribution is 7.15. The average molecular weight is 274 g/mol. The minimum atomic E-state index is -0.477. The summed E-state index contributed by atoms with van der Waals surface area (Å²) in [6.45, 7) is 3.40. The fourth-order valence-corrected chi connectivity index (χ4v) is 2.95. The largest absolute Gasteiger partial charge is 0.366 e. The van der Waals surface area contributed by atoms with Gasteiger partial charge < -0.3 is 11.1 Å². The maximum atomic E-state index is 11.5.